The van der Waals surface area contributed by atoms with Gasteiger partial charge in [0.2, 0.25) is 15.8 Å². The molecule has 1 saturated heterocycles. The molecule has 0 amide bonds. The van der Waals surface area contributed by atoms with Crippen LogP contribution in [-0.4, -0.2) is 41.4 Å². The van der Waals surface area contributed by atoms with E-state index in [0.717, 1.165) is 16.4 Å². The van der Waals surface area contributed by atoms with Gasteiger partial charge in [0, 0.05) is 25.2 Å². The van der Waals surface area contributed by atoms with Crippen LogP contribution in [0.3, 0.4) is 0 Å². The quantitative estimate of drug-likeness (QED) is 0.662. The Morgan fingerprint density at radius 3 is 2.43 bits per heavy atom. The molecule has 1 heterocycles. The van der Waals surface area contributed by atoms with E-state index in [0.29, 0.717) is 6.07 Å². The van der Waals surface area contributed by atoms with E-state index in [2.05, 4.69) is 0 Å². The van der Waals surface area contributed by atoms with Crippen molar-refractivity contribution in [3.63, 3.8) is 0 Å². The average molecular weight is 318 g/mol. The Labute approximate surface area is 121 Å². The lowest BCUT2D eigenvalue weighted by Gasteiger charge is -2.47. The first kappa shape index (κ1) is 15.8. The van der Waals surface area contributed by atoms with Gasteiger partial charge in [-0.1, -0.05) is 13.8 Å². The number of nitrogens with zero attached hydrogens (tertiary/aromatic N) is 2. The summed E-state index contributed by atoms with van der Waals surface area (Å²) in [6.45, 7) is 3.39. The van der Waals surface area contributed by atoms with Crippen LogP contribution in [0.2, 0.25) is 0 Å². The lowest BCUT2D eigenvalue weighted by molar-refractivity contribution is -0.387. The summed E-state index contributed by atoms with van der Waals surface area (Å²) in [7, 11) is -3.96. The van der Waals surface area contributed by atoms with Gasteiger partial charge in [0.25, 0.3) is 0 Å². The monoisotopic (exact) mass is 318 g/mol. The SMILES string of the molecule is CC(C)C1(O)CN(S(=O)(=O)c2ccc([N+](=O)[O-])c(F)c2)C1. The summed E-state index contributed by atoms with van der Waals surface area (Å²) in [6, 6.07) is 2.43. The molecule has 1 fully saturated rings. The van der Waals surface area contributed by atoms with Crippen LogP contribution in [0.1, 0.15) is 13.8 Å². The number of nitro benzene ring substituents is 1. The third-order valence-electron chi connectivity index (χ3n) is 3.73. The number of β-amino-alcohol motifs (C(OH)–C–C–N with tert-alkyl or cyclic N) is 1. The van der Waals surface area contributed by atoms with E-state index in [9.17, 15) is 28.0 Å². The van der Waals surface area contributed by atoms with Crippen molar-refractivity contribution in [2.45, 2.75) is 24.3 Å². The van der Waals surface area contributed by atoms with Crippen molar-refractivity contribution < 1.29 is 22.8 Å². The molecule has 0 radical (unpaired) electrons. The molecule has 0 bridgehead atoms. The molecule has 1 N–H and O–H groups in total. The van der Waals surface area contributed by atoms with Gasteiger partial charge in [0.05, 0.1) is 15.4 Å². The first-order valence-corrected chi connectivity index (χ1v) is 7.68. The number of hydrogen-bond donors (Lipinski definition) is 1. The molecule has 0 aliphatic carbocycles. The summed E-state index contributed by atoms with van der Waals surface area (Å²) in [5, 5.41) is 20.6. The maximum atomic E-state index is 13.5. The standard InChI is InChI=1S/C12H15FN2O5S/c1-8(2)12(16)6-14(7-12)21(19,20)9-3-4-11(15(17)18)10(13)5-9/h3-5,8,16H,6-7H2,1-2H3. The summed E-state index contributed by atoms with van der Waals surface area (Å²) in [5.74, 6) is -1.32. The highest BCUT2D eigenvalue weighted by Gasteiger charge is 2.49. The molecule has 7 nitrogen and oxygen atoms in total. The third kappa shape index (κ3) is 2.63. The zero-order valence-electron chi connectivity index (χ0n) is 11.5. The molecule has 2 rings (SSSR count). The van der Waals surface area contributed by atoms with Crippen molar-refractivity contribution in [1.82, 2.24) is 4.31 Å². The fourth-order valence-corrected chi connectivity index (χ4v) is 3.62. The lowest BCUT2D eigenvalue weighted by Crippen LogP contribution is -2.65. The van der Waals surface area contributed by atoms with E-state index in [1.807, 2.05) is 0 Å². The molecule has 9 heteroatoms. The van der Waals surface area contributed by atoms with Crippen molar-refractivity contribution in [1.29, 1.82) is 0 Å². The van der Waals surface area contributed by atoms with Gasteiger partial charge in [-0.2, -0.15) is 8.70 Å². The minimum absolute atomic E-state index is 0.0778. The largest absolute Gasteiger partial charge is 0.387 e. The molecule has 1 aromatic carbocycles. The maximum Gasteiger partial charge on any atom is 0.304 e. The van der Waals surface area contributed by atoms with E-state index in [1.165, 1.54) is 0 Å². The molecule has 0 saturated carbocycles. The smallest absolute Gasteiger partial charge is 0.304 e. The van der Waals surface area contributed by atoms with Crippen molar-refractivity contribution in [3.05, 3.63) is 34.1 Å². The van der Waals surface area contributed by atoms with Gasteiger partial charge >= 0.3 is 5.69 Å². The van der Waals surface area contributed by atoms with Crippen LogP contribution in [0, 0.1) is 21.8 Å². The van der Waals surface area contributed by atoms with Crippen LogP contribution in [0.25, 0.3) is 0 Å². The normalized spacial score (nSPS) is 18.5. The summed E-state index contributed by atoms with van der Waals surface area (Å²) < 4.78 is 39.0. The van der Waals surface area contributed by atoms with Crippen LogP contribution in [-0.2, 0) is 10.0 Å². The fourth-order valence-electron chi connectivity index (χ4n) is 2.04. The Morgan fingerprint density at radius 1 is 1.43 bits per heavy atom. The molecule has 116 valence electrons. The van der Waals surface area contributed by atoms with Gasteiger partial charge in [-0.15, -0.1) is 0 Å². The molecule has 1 aliphatic heterocycles. The molecule has 1 aliphatic rings. The van der Waals surface area contributed by atoms with Gasteiger partial charge < -0.3 is 5.11 Å². The van der Waals surface area contributed by atoms with E-state index < -0.39 is 32.1 Å². The zero-order chi connectivity index (χ0) is 16.0. The molecule has 0 aromatic heterocycles. The molecular formula is C12H15FN2O5S. The van der Waals surface area contributed by atoms with Crippen LogP contribution < -0.4 is 0 Å². The minimum Gasteiger partial charge on any atom is -0.387 e. The predicted molar refractivity (Wildman–Crippen MR) is 71.6 cm³/mol. The van der Waals surface area contributed by atoms with E-state index in [4.69, 9.17) is 0 Å². The summed E-state index contributed by atoms with van der Waals surface area (Å²) in [5.41, 5.74) is -1.87. The topological polar surface area (TPSA) is 101 Å². The first-order chi connectivity index (χ1) is 9.58. The third-order valence-corrected chi connectivity index (χ3v) is 5.52. The Morgan fingerprint density at radius 2 is 2.00 bits per heavy atom. The molecule has 0 unspecified atom stereocenters. The first-order valence-electron chi connectivity index (χ1n) is 6.24. The predicted octanol–water partition coefficient (Wildman–Crippen LogP) is 1.13. The van der Waals surface area contributed by atoms with Crippen LogP contribution in [0.4, 0.5) is 10.1 Å². The second-order valence-corrected chi connectivity index (χ2v) is 7.34. The number of rotatable bonds is 4. The molecule has 21 heavy (non-hydrogen) atoms. The Balaban J connectivity index is 2.26. The summed E-state index contributed by atoms with van der Waals surface area (Å²) in [4.78, 5) is 9.23. The summed E-state index contributed by atoms with van der Waals surface area (Å²) in [6.07, 6.45) is 0. The van der Waals surface area contributed by atoms with Gasteiger partial charge in [-0.25, -0.2) is 8.42 Å². The lowest BCUT2D eigenvalue weighted by atomic mass is 9.85. The van der Waals surface area contributed by atoms with Crippen LogP contribution in [0.15, 0.2) is 23.1 Å². The van der Waals surface area contributed by atoms with Crippen molar-refractivity contribution in [2.75, 3.05) is 13.1 Å². The molecule has 0 spiro atoms. The highest BCUT2D eigenvalue weighted by molar-refractivity contribution is 7.89. The average Bonchev–Trinajstić information content (AvgIpc) is 2.33. The van der Waals surface area contributed by atoms with Gasteiger partial charge in [0.1, 0.15) is 0 Å². The Bertz CT molecular complexity index is 683. The molecule has 1 aromatic rings. The molecule has 0 atom stereocenters. The van der Waals surface area contributed by atoms with Gasteiger partial charge in [-0.3, -0.25) is 10.1 Å². The number of sulfonamides is 1. The van der Waals surface area contributed by atoms with Crippen LogP contribution >= 0.6 is 0 Å². The fraction of sp³-hybridized carbons (Fsp3) is 0.500. The highest BCUT2D eigenvalue weighted by atomic mass is 32.2. The minimum atomic E-state index is -3.96. The van der Waals surface area contributed by atoms with Crippen molar-refractivity contribution >= 4 is 15.7 Å². The highest BCUT2D eigenvalue weighted by Crippen LogP contribution is 2.33. The van der Waals surface area contributed by atoms with E-state index in [1.54, 1.807) is 13.8 Å². The van der Waals surface area contributed by atoms with Crippen molar-refractivity contribution in [2.24, 2.45) is 5.92 Å². The van der Waals surface area contributed by atoms with E-state index in [-0.39, 0.29) is 23.9 Å². The Kier molecular flexibility index (Phi) is 3.77. The number of nitro groups is 1. The van der Waals surface area contributed by atoms with Gasteiger partial charge in [-0.05, 0) is 12.0 Å². The maximum absolute atomic E-state index is 13.5. The summed E-state index contributed by atoms with van der Waals surface area (Å²) >= 11 is 0. The number of hydrogen-bond acceptors (Lipinski definition) is 5. The number of aliphatic hydroxyl groups is 1. The molecular weight excluding hydrogens is 303 g/mol. The number of benzene rings is 1. The number of halogens is 1. The van der Waals surface area contributed by atoms with Crippen LogP contribution in [0.5, 0.6) is 0 Å². The van der Waals surface area contributed by atoms with E-state index >= 15 is 0 Å². The van der Waals surface area contributed by atoms with Crippen molar-refractivity contribution in [3.8, 4) is 0 Å². The zero-order valence-corrected chi connectivity index (χ0v) is 12.3. The van der Waals surface area contributed by atoms with Gasteiger partial charge in [0.15, 0.2) is 0 Å². The Hall–Kier alpha value is -1.58. The second kappa shape index (κ2) is 5.00. The second-order valence-electron chi connectivity index (χ2n) is 5.40.